The van der Waals surface area contributed by atoms with E-state index in [0.29, 0.717) is 22.5 Å². The van der Waals surface area contributed by atoms with Crippen LogP contribution in [0.1, 0.15) is 5.56 Å². The highest BCUT2D eigenvalue weighted by atomic mass is 35.5. The highest BCUT2D eigenvalue weighted by molar-refractivity contribution is 6.30. The molecule has 0 amide bonds. The summed E-state index contributed by atoms with van der Waals surface area (Å²) in [6.45, 7) is 0.379. The second-order valence-electron chi connectivity index (χ2n) is 7.54. The summed E-state index contributed by atoms with van der Waals surface area (Å²) >= 11 is 12.1. The van der Waals surface area contributed by atoms with Crippen molar-refractivity contribution >= 4 is 34.8 Å². The van der Waals surface area contributed by atoms with Crippen LogP contribution in [0.4, 0.5) is 11.6 Å². The van der Waals surface area contributed by atoms with E-state index in [0.717, 1.165) is 33.8 Å². The fraction of sp³-hybridized carbons (Fsp3) is 0.120. The number of aromatic hydroxyl groups is 1. The van der Waals surface area contributed by atoms with Gasteiger partial charge in [0.2, 0.25) is 5.95 Å². The van der Waals surface area contributed by atoms with Gasteiger partial charge in [-0.05, 0) is 36.4 Å². The first-order chi connectivity index (χ1) is 15.4. The first kappa shape index (κ1) is 21.9. The van der Waals surface area contributed by atoms with Gasteiger partial charge in [0.15, 0.2) is 0 Å². The molecule has 4 rings (SSSR count). The molecule has 0 saturated heterocycles. The Morgan fingerprint density at radius 2 is 1.31 bits per heavy atom. The highest BCUT2D eigenvalue weighted by Gasteiger charge is 2.11. The van der Waals surface area contributed by atoms with Crippen LogP contribution in [0, 0.1) is 0 Å². The van der Waals surface area contributed by atoms with Crippen LogP contribution in [-0.2, 0) is 6.54 Å². The van der Waals surface area contributed by atoms with E-state index in [1.165, 1.54) is 0 Å². The molecule has 2 N–H and O–H groups in total. The number of nitrogens with zero attached hydrogens (tertiary/aromatic N) is 3. The van der Waals surface area contributed by atoms with E-state index in [-0.39, 0.29) is 5.75 Å². The average molecular weight is 465 g/mol. The third-order valence-corrected chi connectivity index (χ3v) is 5.53. The summed E-state index contributed by atoms with van der Waals surface area (Å²) in [7, 11) is 3.86. The molecule has 5 nitrogen and oxygen atoms in total. The van der Waals surface area contributed by atoms with Crippen molar-refractivity contribution in [3.05, 3.63) is 88.4 Å². The summed E-state index contributed by atoms with van der Waals surface area (Å²) in [5.74, 6) is 0.675. The van der Waals surface area contributed by atoms with Crippen LogP contribution in [0.2, 0.25) is 10.0 Å². The largest absolute Gasteiger partial charge is 0.508 e. The van der Waals surface area contributed by atoms with Crippen molar-refractivity contribution in [1.29, 1.82) is 0 Å². The Hall–Kier alpha value is -3.28. The summed E-state index contributed by atoms with van der Waals surface area (Å²) in [4.78, 5) is 11.3. The van der Waals surface area contributed by atoms with Crippen LogP contribution >= 0.6 is 23.2 Å². The molecule has 0 aliphatic rings. The van der Waals surface area contributed by atoms with Crippen molar-refractivity contribution in [2.75, 3.05) is 24.3 Å². The van der Waals surface area contributed by atoms with Crippen LogP contribution in [-0.4, -0.2) is 29.2 Å². The molecule has 0 spiro atoms. The zero-order valence-corrected chi connectivity index (χ0v) is 19.2. The maximum absolute atomic E-state index is 10.4. The summed E-state index contributed by atoms with van der Waals surface area (Å²) in [5, 5.41) is 15.0. The standard InChI is InChI=1S/C25H22Cl2N4O/c1-31(2)21-12-7-18(24(32)13-21)15-28-25-29-22(16-3-8-19(26)9-4-16)14-23(30-25)17-5-10-20(27)11-6-17/h3-14,32H,15H2,1-2H3,(H,28,29,30). The van der Waals surface area contributed by atoms with Crippen molar-refractivity contribution in [2.45, 2.75) is 6.54 Å². The minimum absolute atomic E-state index is 0.218. The first-order valence-corrected chi connectivity index (χ1v) is 10.8. The second-order valence-corrected chi connectivity index (χ2v) is 8.41. The van der Waals surface area contributed by atoms with Crippen LogP contribution in [0.5, 0.6) is 5.75 Å². The molecule has 0 fully saturated rings. The maximum atomic E-state index is 10.4. The molecule has 0 atom stereocenters. The molecule has 32 heavy (non-hydrogen) atoms. The van der Waals surface area contributed by atoms with E-state index in [9.17, 15) is 5.11 Å². The number of hydrogen-bond acceptors (Lipinski definition) is 5. The van der Waals surface area contributed by atoms with E-state index in [2.05, 4.69) is 15.3 Å². The van der Waals surface area contributed by atoms with E-state index in [4.69, 9.17) is 23.2 Å². The lowest BCUT2D eigenvalue weighted by Gasteiger charge is -2.15. The molecular weight excluding hydrogens is 443 g/mol. The lowest BCUT2D eigenvalue weighted by atomic mass is 10.1. The van der Waals surface area contributed by atoms with Crippen molar-refractivity contribution in [2.24, 2.45) is 0 Å². The Morgan fingerprint density at radius 1 is 0.781 bits per heavy atom. The number of aromatic nitrogens is 2. The molecule has 162 valence electrons. The van der Waals surface area contributed by atoms with Crippen molar-refractivity contribution in [3.8, 4) is 28.3 Å². The molecule has 4 aromatic rings. The fourth-order valence-electron chi connectivity index (χ4n) is 3.22. The average Bonchev–Trinajstić information content (AvgIpc) is 2.79. The zero-order valence-electron chi connectivity index (χ0n) is 17.7. The van der Waals surface area contributed by atoms with Crippen LogP contribution < -0.4 is 10.2 Å². The normalized spacial score (nSPS) is 10.8. The third-order valence-electron chi connectivity index (χ3n) is 5.03. The SMILES string of the molecule is CN(C)c1ccc(CNc2nc(-c3ccc(Cl)cc3)cc(-c3ccc(Cl)cc3)n2)c(O)c1. The van der Waals surface area contributed by atoms with Gasteiger partial charge in [-0.25, -0.2) is 9.97 Å². The Labute approximate surface area is 197 Å². The van der Waals surface area contributed by atoms with Gasteiger partial charge in [0, 0.05) is 59.1 Å². The zero-order chi connectivity index (χ0) is 22.7. The third kappa shape index (κ3) is 5.13. The molecule has 0 radical (unpaired) electrons. The summed E-state index contributed by atoms with van der Waals surface area (Å²) in [6, 6.07) is 22.5. The fourth-order valence-corrected chi connectivity index (χ4v) is 3.47. The summed E-state index contributed by atoms with van der Waals surface area (Å²) in [5.41, 5.74) is 5.05. The lowest BCUT2D eigenvalue weighted by molar-refractivity contribution is 0.469. The quantitative estimate of drug-likeness (QED) is 0.340. The number of rotatable bonds is 6. The number of phenols is 1. The van der Waals surface area contributed by atoms with Crippen molar-refractivity contribution < 1.29 is 5.11 Å². The molecule has 3 aromatic carbocycles. The van der Waals surface area contributed by atoms with E-state index in [1.54, 1.807) is 6.07 Å². The minimum atomic E-state index is 0.218. The Balaban J connectivity index is 1.67. The minimum Gasteiger partial charge on any atom is -0.508 e. The van der Waals surface area contributed by atoms with Gasteiger partial charge in [0.05, 0.1) is 11.4 Å². The highest BCUT2D eigenvalue weighted by Crippen LogP contribution is 2.28. The van der Waals surface area contributed by atoms with Gasteiger partial charge in [-0.15, -0.1) is 0 Å². The van der Waals surface area contributed by atoms with Crippen molar-refractivity contribution in [1.82, 2.24) is 9.97 Å². The predicted octanol–water partition coefficient (Wildman–Crippen LogP) is 6.50. The molecule has 0 aliphatic heterocycles. The monoisotopic (exact) mass is 464 g/mol. The molecular formula is C25H22Cl2N4O. The smallest absolute Gasteiger partial charge is 0.224 e. The topological polar surface area (TPSA) is 61.3 Å². The van der Waals surface area contributed by atoms with Crippen molar-refractivity contribution in [3.63, 3.8) is 0 Å². The Bertz CT molecular complexity index is 1160. The molecule has 0 unspecified atom stereocenters. The van der Waals surface area contributed by atoms with E-state index in [1.807, 2.05) is 85.7 Å². The number of benzene rings is 3. The molecule has 0 aliphatic carbocycles. The molecule has 7 heteroatoms. The van der Waals surface area contributed by atoms with Gasteiger partial charge in [-0.1, -0.05) is 53.5 Å². The maximum Gasteiger partial charge on any atom is 0.224 e. The molecule has 1 heterocycles. The van der Waals surface area contributed by atoms with Gasteiger partial charge >= 0.3 is 0 Å². The number of nitrogens with one attached hydrogen (secondary N) is 1. The van der Waals surface area contributed by atoms with Crippen LogP contribution in [0.3, 0.4) is 0 Å². The van der Waals surface area contributed by atoms with Gasteiger partial charge < -0.3 is 15.3 Å². The number of anilines is 2. The first-order valence-electron chi connectivity index (χ1n) is 10.0. The number of halogens is 2. The van der Waals surface area contributed by atoms with Gasteiger partial charge in [-0.3, -0.25) is 0 Å². The van der Waals surface area contributed by atoms with E-state index >= 15 is 0 Å². The van der Waals surface area contributed by atoms with E-state index < -0.39 is 0 Å². The second kappa shape index (κ2) is 9.47. The Kier molecular flexibility index (Phi) is 6.49. The summed E-state index contributed by atoms with van der Waals surface area (Å²) in [6.07, 6.45) is 0. The van der Waals surface area contributed by atoms with Gasteiger partial charge in [0.25, 0.3) is 0 Å². The van der Waals surface area contributed by atoms with Crippen LogP contribution in [0.15, 0.2) is 72.8 Å². The molecule has 0 saturated carbocycles. The predicted molar refractivity (Wildman–Crippen MR) is 133 cm³/mol. The van der Waals surface area contributed by atoms with Crippen LogP contribution in [0.25, 0.3) is 22.5 Å². The molecule has 0 bridgehead atoms. The summed E-state index contributed by atoms with van der Waals surface area (Å²) < 4.78 is 0. The number of hydrogen-bond donors (Lipinski definition) is 2. The Morgan fingerprint density at radius 3 is 1.78 bits per heavy atom. The number of phenolic OH excluding ortho intramolecular Hbond substituents is 1. The lowest BCUT2D eigenvalue weighted by Crippen LogP contribution is -2.09. The van der Waals surface area contributed by atoms with Gasteiger partial charge in [0.1, 0.15) is 5.75 Å². The van der Waals surface area contributed by atoms with Gasteiger partial charge in [-0.2, -0.15) is 0 Å². The molecule has 1 aromatic heterocycles.